The molecular formula is C22H18F3N. The first-order valence-electron chi connectivity index (χ1n) is 8.32. The van der Waals surface area contributed by atoms with Crippen molar-refractivity contribution in [2.24, 2.45) is 0 Å². The van der Waals surface area contributed by atoms with E-state index < -0.39 is 11.7 Å². The second kappa shape index (κ2) is 7.63. The van der Waals surface area contributed by atoms with E-state index in [0.717, 1.165) is 12.1 Å². The van der Waals surface area contributed by atoms with Crippen molar-refractivity contribution in [2.45, 2.75) is 19.1 Å². The lowest BCUT2D eigenvalue weighted by Gasteiger charge is -2.15. The molecular weight excluding hydrogens is 335 g/mol. The van der Waals surface area contributed by atoms with Gasteiger partial charge in [0.15, 0.2) is 0 Å². The Bertz CT molecular complexity index is 959. The molecule has 0 saturated heterocycles. The summed E-state index contributed by atoms with van der Waals surface area (Å²) in [6.07, 6.45) is -4.35. The van der Waals surface area contributed by atoms with Gasteiger partial charge in [0.05, 0.1) is 12.1 Å². The Labute approximate surface area is 150 Å². The molecule has 1 atom stereocenters. The maximum Gasteiger partial charge on any atom is 0.416 e. The second-order valence-corrected chi connectivity index (χ2v) is 6.05. The van der Waals surface area contributed by atoms with Gasteiger partial charge in [0.25, 0.3) is 0 Å². The third kappa shape index (κ3) is 4.25. The highest BCUT2D eigenvalue weighted by atomic mass is 19.4. The molecule has 0 radical (unpaired) electrons. The van der Waals surface area contributed by atoms with Crippen molar-refractivity contribution in [3.05, 3.63) is 83.4 Å². The predicted molar refractivity (Wildman–Crippen MR) is 98.7 cm³/mol. The Morgan fingerprint density at radius 1 is 0.962 bits per heavy atom. The van der Waals surface area contributed by atoms with Crippen LogP contribution in [0.4, 0.5) is 13.2 Å². The lowest BCUT2D eigenvalue weighted by Crippen LogP contribution is -2.19. The molecule has 3 rings (SSSR count). The fraction of sp³-hybridized carbons (Fsp3) is 0.182. The summed E-state index contributed by atoms with van der Waals surface area (Å²) in [6.45, 7) is 2.44. The summed E-state index contributed by atoms with van der Waals surface area (Å²) in [5, 5.41) is 5.67. The van der Waals surface area contributed by atoms with Crippen LogP contribution in [-0.4, -0.2) is 6.54 Å². The Morgan fingerprint density at radius 2 is 1.69 bits per heavy atom. The van der Waals surface area contributed by atoms with Crippen molar-refractivity contribution in [3.63, 3.8) is 0 Å². The monoisotopic (exact) mass is 353 g/mol. The topological polar surface area (TPSA) is 12.0 Å². The Kier molecular flexibility index (Phi) is 5.29. The number of fused-ring (bicyclic) bond motifs is 1. The molecule has 0 amide bonds. The summed E-state index contributed by atoms with van der Waals surface area (Å²) in [5.41, 5.74) is 0.852. The van der Waals surface area contributed by atoms with E-state index in [2.05, 4.69) is 41.4 Å². The van der Waals surface area contributed by atoms with E-state index >= 15 is 0 Å². The van der Waals surface area contributed by atoms with Crippen LogP contribution >= 0.6 is 0 Å². The van der Waals surface area contributed by atoms with E-state index in [0.29, 0.717) is 12.1 Å². The fourth-order valence-electron chi connectivity index (χ4n) is 2.86. The molecule has 0 fully saturated rings. The Hall–Kier alpha value is -2.77. The molecule has 132 valence electrons. The minimum absolute atomic E-state index is 0.0805. The number of nitrogens with one attached hydrogen (secondary N) is 1. The molecule has 0 bridgehead atoms. The van der Waals surface area contributed by atoms with Gasteiger partial charge >= 0.3 is 6.18 Å². The first kappa shape index (κ1) is 18.0. The van der Waals surface area contributed by atoms with Crippen LogP contribution < -0.4 is 5.32 Å². The smallest absolute Gasteiger partial charge is 0.300 e. The van der Waals surface area contributed by atoms with Gasteiger partial charge in [-0.3, -0.25) is 5.32 Å². The van der Waals surface area contributed by atoms with Crippen molar-refractivity contribution in [3.8, 4) is 11.8 Å². The van der Waals surface area contributed by atoms with Gasteiger partial charge in [-0.1, -0.05) is 60.4 Å². The molecule has 0 unspecified atom stereocenters. The average Bonchev–Trinajstić information content (AvgIpc) is 2.64. The molecule has 0 aliphatic rings. The third-order valence-electron chi connectivity index (χ3n) is 4.21. The predicted octanol–water partition coefficient (Wildman–Crippen LogP) is 5.56. The highest BCUT2D eigenvalue weighted by molar-refractivity contribution is 5.86. The summed E-state index contributed by atoms with van der Waals surface area (Å²) in [6, 6.07) is 19.5. The van der Waals surface area contributed by atoms with Crippen LogP contribution in [0.15, 0.2) is 66.7 Å². The molecule has 1 nitrogen and oxygen atoms in total. The highest BCUT2D eigenvalue weighted by Crippen LogP contribution is 2.29. The standard InChI is InChI=1S/C22H18F3N/c1-16(20-13-5-10-18-9-2-3-12-21(18)20)26-14-6-8-17-7-4-11-19(15-17)22(23,24)25/h2-5,7,9-13,15-16,26H,14H2,1H3/t16-/m1/s1. The molecule has 3 aromatic carbocycles. The molecule has 0 aromatic heterocycles. The molecule has 1 N–H and O–H groups in total. The highest BCUT2D eigenvalue weighted by Gasteiger charge is 2.30. The quantitative estimate of drug-likeness (QED) is 0.608. The lowest BCUT2D eigenvalue weighted by molar-refractivity contribution is -0.137. The van der Waals surface area contributed by atoms with Crippen LogP contribution in [0.5, 0.6) is 0 Å². The Balaban J connectivity index is 1.68. The van der Waals surface area contributed by atoms with Crippen LogP contribution in [-0.2, 0) is 6.18 Å². The van der Waals surface area contributed by atoms with E-state index in [4.69, 9.17) is 0 Å². The summed E-state index contributed by atoms with van der Waals surface area (Å²) in [4.78, 5) is 0. The Morgan fingerprint density at radius 3 is 2.50 bits per heavy atom. The summed E-state index contributed by atoms with van der Waals surface area (Å²) in [5.74, 6) is 5.69. The molecule has 4 heteroatoms. The molecule has 0 saturated carbocycles. The lowest BCUT2D eigenvalue weighted by atomic mass is 10.00. The SMILES string of the molecule is C[C@@H](NCC#Cc1cccc(C(F)(F)F)c1)c1cccc2ccccc12. The molecule has 3 aromatic rings. The van der Waals surface area contributed by atoms with E-state index in [1.807, 2.05) is 25.1 Å². The molecule has 0 aliphatic carbocycles. The van der Waals surface area contributed by atoms with Crippen molar-refractivity contribution in [2.75, 3.05) is 6.54 Å². The van der Waals surface area contributed by atoms with Gasteiger partial charge in [0.1, 0.15) is 0 Å². The van der Waals surface area contributed by atoms with Crippen molar-refractivity contribution < 1.29 is 13.2 Å². The van der Waals surface area contributed by atoms with E-state index in [-0.39, 0.29) is 6.04 Å². The number of hydrogen-bond acceptors (Lipinski definition) is 1. The molecule has 0 aliphatic heterocycles. The third-order valence-corrected chi connectivity index (χ3v) is 4.21. The van der Waals surface area contributed by atoms with E-state index in [1.165, 1.54) is 22.4 Å². The van der Waals surface area contributed by atoms with Crippen LogP contribution in [0.2, 0.25) is 0 Å². The van der Waals surface area contributed by atoms with Crippen LogP contribution in [0.1, 0.15) is 29.7 Å². The zero-order chi connectivity index (χ0) is 18.6. The second-order valence-electron chi connectivity index (χ2n) is 6.05. The van der Waals surface area contributed by atoms with Gasteiger partial charge in [0.2, 0.25) is 0 Å². The summed E-state index contributed by atoms with van der Waals surface area (Å²) < 4.78 is 38.2. The van der Waals surface area contributed by atoms with Gasteiger partial charge in [0, 0.05) is 11.6 Å². The van der Waals surface area contributed by atoms with E-state index in [9.17, 15) is 13.2 Å². The number of rotatable bonds is 3. The van der Waals surface area contributed by atoms with Crippen molar-refractivity contribution >= 4 is 10.8 Å². The summed E-state index contributed by atoms with van der Waals surface area (Å²) in [7, 11) is 0. The van der Waals surface area contributed by atoms with Gasteiger partial charge in [-0.15, -0.1) is 0 Å². The summed E-state index contributed by atoms with van der Waals surface area (Å²) >= 11 is 0. The molecule has 0 spiro atoms. The van der Waals surface area contributed by atoms with Gasteiger partial charge < -0.3 is 0 Å². The molecule has 0 heterocycles. The van der Waals surface area contributed by atoms with Gasteiger partial charge in [-0.2, -0.15) is 13.2 Å². The van der Waals surface area contributed by atoms with Crippen LogP contribution in [0.3, 0.4) is 0 Å². The van der Waals surface area contributed by atoms with Crippen LogP contribution in [0, 0.1) is 11.8 Å². The van der Waals surface area contributed by atoms with Gasteiger partial charge in [-0.25, -0.2) is 0 Å². The number of alkyl halides is 3. The molecule has 26 heavy (non-hydrogen) atoms. The van der Waals surface area contributed by atoms with E-state index in [1.54, 1.807) is 6.07 Å². The maximum atomic E-state index is 12.7. The average molecular weight is 353 g/mol. The number of halogens is 3. The fourth-order valence-corrected chi connectivity index (χ4v) is 2.86. The minimum atomic E-state index is -4.35. The first-order chi connectivity index (χ1) is 12.4. The van der Waals surface area contributed by atoms with Gasteiger partial charge in [-0.05, 0) is 41.5 Å². The van der Waals surface area contributed by atoms with Crippen molar-refractivity contribution in [1.82, 2.24) is 5.32 Å². The maximum absolute atomic E-state index is 12.7. The first-order valence-corrected chi connectivity index (χ1v) is 8.32. The number of hydrogen-bond donors (Lipinski definition) is 1. The zero-order valence-electron chi connectivity index (χ0n) is 14.3. The minimum Gasteiger partial charge on any atom is -0.300 e. The zero-order valence-corrected chi connectivity index (χ0v) is 14.3. The number of benzene rings is 3. The van der Waals surface area contributed by atoms with Crippen molar-refractivity contribution in [1.29, 1.82) is 0 Å². The largest absolute Gasteiger partial charge is 0.416 e. The normalized spacial score (nSPS) is 12.5. The van der Waals surface area contributed by atoms with Crippen LogP contribution in [0.25, 0.3) is 10.8 Å².